The number of hydrogen-bond acceptors (Lipinski definition) is 2. The Bertz CT molecular complexity index is 333. The zero-order valence-electron chi connectivity index (χ0n) is 13.3. The molecule has 1 amide bonds. The highest BCUT2D eigenvalue weighted by molar-refractivity contribution is 5.85. The molecule has 20 heavy (non-hydrogen) atoms. The van der Waals surface area contributed by atoms with E-state index in [1.165, 1.54) is 0 Å². The summed E-state index contributed by atoms with van der Waals surface area (Å²) in [7, 11) is 0. The van der Waals surface area contributed by atoms with Gasteiger partial charge >= 0.3 is 5.97 Å². The molecule has 4 heteroatoms. The molecule has 0 saturated heterocycles. The molecule has 0 unspecified atom stereocenters. The minimum atomic E-state index is -0.809. The lowest BCUT2D eigenvalue weighted by molar-refractivity contribution is -0.154. The molecule has 1 aliphatic rings. The number of nitrogens with zero attached hydrogens (tertiary/aromatic N) is 1. The van der Waals surface area contributed by atoms with Gasteiger partial charge in [0.1, 0.15) is 0 Å². The molecule has 0 radical (unpaired) electrons. The standard InChI is InChI=1S/C16H29NO3/c1-5-11(3)17(12(4)6-2)15(18)13-9-7-8-10-14(13)16(19)20/h11-14H,5-10H2,1-4H3,(H,19,20)/t11-,12-,13-,14-/m0/s1. The van der Waals surface area contributed by atoms with Gasteiger partial charge in [0.25, 0.3) is 0 Å². The van der Waals surface area contributed by atoms with E-state index in [2.05, 4.69) is 27.7 Å². The van der Waals surface area contributed by atoms with E-state index in [1.54, 1.807) is 0 Å². The first-order valence-corrected chi connectivity index (χ1v) is 7.98. The molecule has 1 N–H and O–H groups in total. The summed E-state index contributed by atoms with van der Waals surface area (Å²) >= 11 is 0. The van der Waals surface area contributed by atoms with Gasteiger partial charge in [-0.05, 0) is 39.5 Å². The largest absolute Gasteiger partial charge is 0.481 e. The summed E-state index contributed by atoms with van der Waals surface area (Å²) in [6, 6.07) is 0.350. The Labute approximate surface area is 122 Å². The lowest BCUT2D eigenvalue weighted by atomic mass is 9.78. The summed E-state index contributed by atoms with van der Waals surface area (Å²) < 4.78 is 0. The fourth-order valence-electron chi connectivity index (χ4n) is 3.18. The molecule has 4 nitrogen and oxygen atoms in total. The van der Waals surface area contributed by atoms with E-state index >= 15 is 0 Å². The van der Waals surface area contributed by atoms with Gasteiger partial charge in [0.05, 0.1) is 11.8 Å². The molecule has 1 aliphatic carbocycles. The van der Waals surface area contributed by atoms with Crippen LogP contribution >= 0.6 is 0 Å². The number of amides is 1. The zero-order valence-corrected chi connectivity index (χ0v) is 13.3. The molecule has 0 bridgehead atoms. The van der Waals surface area contributed by atoms with Gasteiger partial charge in [-0.3, -0.25) is 9.59 Å². The molecule has 0 aromatic carbocycles. The van der Waals surface area contributed by atoms with Gasteiger partial charge < -0.3 is 10.0 Å². The Hall–Kier alpha value is -1.06. The second-order valence-electron chi connectivity index (χ2n) is 6.10. The van der Waals surface area contributed by atoms with E-state index in [0.717, 1.165) is 32.1 Å². The molecule has 1 fully saturated rings. The van der Waals surface area contributed by atoms with Crippen LogP contribution in [0.5, 0.6) is 0 Å². The highest BCUT2D eigenvalue weighted by Crippen LogP contribution is 2.33. The van der Waals surface area contributed by atoms with Crippen LogP contribution in [0.4, 0.5) is 0 Å². The predicted octanol–water partition coefficient (Wildman–Crippen LogP) is 3.30. The quantitative estimate of drug-likeness (QED) is 0.813. The van der Waals surface area contributed by atoms with E-state index < -0.39 is 11.9 Å². The minimum Gasteiger partial charge on any atom is -0.481 e. The fraction of sp³-hybridized carbons (Fsp3) is 0.875. The third-order valence-corrected chi connectivity index (χ3v) is 4.79. The third kappa shape index (κ3) is 3.74. The molecular formula is C16H29NO3. The SMILES string of the molecule is CC[C@H](C)N(C(=O)[C@H]1CCCC[C@@H]1C(=O)O)[C@@H](C)CC. The van der Waals surface area contributed by atoms with Gasteiger partial charge in [0, 0.05) is 12.1 Å². The summed E-state index contributed by atoms with van der Waals surface area (Å²) in [4.78, 5) is 26.2. The lowest BCUT2D eigenvalue weighted by Crippen LogP contribution is -2.50. The van der Waals surface area contributed by atoms with E-state index in [-0.39, 0.29) is 23.9 Å². The maximum Gasteiger partial charge on any atom is 0.307 e. The van der Waals surface area contributed by atoms with Crippen molar-refractivity contribution >= 4 is 11.9 Å². The number of carboxylic acid groups (broad SMARTS) is 1. The van der Waals surface area contributed by atoms with Crippen molar-refractivity contribution in [1.82, 2.24) is 4.90 Å². The van der Waals surface area contributed by atoms with E-state index in [9.17, 15) is 14.7 Å². The Morgan fingerprint density at radius 1 is 1.05 bits per heavy atom. The maximum atomic E-state index is 12.9. The van der Waals surface area contributed by atoms with Crippen molar-refractivity contribution in [3.8, 4) is 0 Å². The molecule has 4 atom stereocenters. The highest BCUT2D eigenvalue weighted by atomic mass is 16.4. The van der Waals surface area contributed by atoms with Crippen LogP contribution in [0, 0.1) is 11.8 Å². The molecule has 1 saturated carbocycles. The van der Waals surface area contributed by atoms with Crippen LogP contribution in [-0.4, -0.2) is 34.0 Å². The van der Waals surface area contributed by atoms with Crippen molar-refractivity contribution in [3.05, 3.63) is 0 Å². The van der Waals surface area contributed by atoms with E-state index in [1.807, 2.05) is 4.90 Å². The van der Waals surface area contributed by atoms with Gasteiger partial charge in [-0.1, -0.05) is 26.7 Å². The van der Waals surface area contributed by atoms with Gasteiger partial charge in [-0.2, -0.15) is 0 Å². The fourth-order valence-corrected chi connectivity index (χ4v) is 3.18. The Morgan fingerprint density at radius 3 is 1.90 bits per heavy atom. The summed E-state index contributed by atoms with van der Waals surface area (Å²) in [5.74, 6) is -1.58. The lowest BCUT2D eigenvalue weighted by Gasteiger charge is -2.39. The zero-order chi connectivity index (χ0) is 15.3. The number of aliphatic carboxylic acids is 1. The van der Waals surface area contributed by atoms with Crippen LogP contribution in [0.25, 0.3) is 0 Å². The Balaban J connectivity index is 2.94. The summed E-state index contributed by atoms with van der Waals surface area (Å²) in [6.07, 6.45) is 5.06. The molecule has 0 heterocycles. The molecular weight excluding hydrogens is 254 g/mol. The van der Waals surface area contributed by atoms with Gasteiger partial charge in [-0.15, -0.1) is 0 Å². The van der Waals surface area contributed by atoms with Crippen LogP contribution in [0.3, 0.4) is 0 Å². The van der Waals surface area contributed by atoms with Gasteiger partial charge in [-0.25, -0.2) is 0 Å². The van der Waals surface area contributed by atoms with Crippen LogP contribution < -0.4 is 0 Å². The predicted molar refractivity (Wildman–Crippen MR) is 79.4 cm³/mol. The van der Waals surface area contributed by atoms with Crippen molar-refractivity contribution in [2.45, 2.75) is 78.3 Å². The number of carbonyl (C=O) groups is 2. The van der Waals surface area contributed by atoms with Crippen LogP contribution in [0.15, 0.2) is 0 Å². The van der Waals surface area contributed by atoms with Crippen molar-refractivity contribution in [2.24, 2.45) is 11.8 Å². The second kappa shape index (κ2) is 7.65. The number of carboxylic acids is 1. The van der Waals surface area contributed by atoms with Crippen molar-refractivity contribution < 1.29 is 14.7 Å². The van der Waals surface area contributed by atoms with E-state index in [4.69, 9.17) is 0 Å². The second-order valence-corrected chi connectivity index (χ2v) is 6.10. The number of carbonyl (C=O) groups excluding carboxylic acids is 1. The first kappa shape index (κ1) is 17.0. The van der Waals surface area contributed by atoms with Crippen molar-refractivity contribution in [1.29, 1.82) is 0 Å². The van der Waals surface area contributed by atoms with Crippen LogP contribution in [0.2, 0.25) is 0 Å². The monoisotopic (exact) mass is 283 g/mol. The summed E-state index contributed by atoms with van der Waals surface area (Å²) in [5.41, 5.74) is 0. The van der Waals surface area contributed by atoms with E-state index in [0.29, 0.717) is 6.42 Å². The maximum absolute atomic E-state index is 12.9. The highest BCUT2D eigenvalue weighted by Gasteiger charge is 2.39. The molecule has 1 rings (SSSR count). The Morgan fingerprint density at radius 2 is 1.50 bits per heavy atom. The van der Waals surface area contributed by atoms with Gasteiger partial charge in [0.2, 0.25) is 5.91 Å². The van der Waals surface area contributed by atoms with Crippen molar-refractivity contribution in [3.63, 3.8) is 0 Å². The topological polar surface area (TPSA) is 57.6 Å². The normalized spacial score (nSPS) is 25.8. The van der Waals surface area contributed by atoms with Crippen LogP contribution in [-0.2, 0) is 9.59 Å². The first-order valence-electron chi connectivity index (χ1n) is 7.98. The summed E-state index contributed by atoms with van der Waals surface area (Å²) in [6.45, 7) is 8.26. The van der Waals surface area contributed by atoms with Crippen molar-refractivity contribution in [2.75, 3.05) is 0 Å². The molecule has 0 aliphatic heterocycles. The first-order chi connectivity index (χ1) is 9.43. The minimum absolute atomic E-state index is 0.0563. The van der Waals surface area contributed by atoms with Gasteiger partial charge in [0.15, 0.2) is 0 Å². The molecule has 0 aromatic heterocycles. The summed E-state index contributed by atoms with van der Waals surface area (Å²) in [5, 5.41) is 9.36. The number of rotatable bonds is 6. The van der Waals surface area contributed by atoms with Crippen LogP contribution in [0.1, 0.15) is 66.2 Å². The molecule has 0 spiro atoms. The Kier molecular flexibility index (Phi) is 6.50. The molecule has 0 aromatic rings. The average Bonchev–Trinajstić information content (AvgIpc) is 2.46. The average molecular weight is 283 g/mol. The smallest absolute Gasteiger partial charge is 0.307 e. The number of hydrogen-bond donors (Lipinski definition) is 1. The third-order valence-electron chi connectivity index (χ3n) is 4.79. The molecule has 116 valence electrons.